The fourth-order valence-electron chi connectivity index (χ4n) is 3.42. The molecule has 0 saturated carbocycles. The molecule has 0 bridgehead atoms. The summed E-state index contributed by atoms with van der Waals surface area (Å²) in [5.74, 6) is 1.99. The Morgan fingerprint density at radius 1 is 1.17 bits per heavy atom. The molecule has 0 spiro atoms. The Balaban J connectivity index is 1.50. The third-order valence-electron chi connectivity index (χ3n) is 4.97. The Hall–Kier alpha value is -3.06. The molecule has 0 N–H and O–H groups in total. The number of rotatable bonds is 6. The number of benzene rings is 2. The standard InChI is InChI=1S/C21H20ClN3O4/c1-27-17-8-7-13(9-18(17)28-2)20-23-21(29-24-20)15-10-19(26)25(12-15)11-14-5-3-4-6-16(14)22/h3-9,15H,10-12H2,1-2H3. The fourth-order valence-corrected chi connectivity index (χ4v) is 3.61. The van der Waals surface area contributed by atoms with Gasteiger partial charge in [-0.15, -0.1) is 0 Å². The second-order valence-corrected chi connectivity index (χ2v) is 7.20. The van der Waals surface area contributed by atoms with Crippen LogP contribution in [-0.2, 0) is 11.3 Å². The normalized spacial score (nSPS) is 16.3. The van der Waals surface area contributed by atoms with Crippen LogP contribution in [0, 0.1) is 0 Å². The minimum Gasteiger partial charge on any atom is -0.493 e. The van der Waals surface area contributed by atoms with Crippen molar-refractivity contribution < 1.29 is 18.8 Å². The van der Waals surface area contributed by atoms with Crippen LogP contribution in [0.2, 0.25) is 5.02 Å². The molecule has 1 unspecified atom stereocenters. The van der Waals surface area contributed by atoms with Crippen LogP contribution in [0.5, 0.6) is 11.5 Å². The molecule has 7 nitrogen and oxygen atoms in total. The van der Waals surface area contributed by atoms with E-state index in [1.54, 1.807) is 31.3 Å². The first-order valence-electron chi connectivity index (χ1n) is 9.16. The summed E-state index contributed by atoms with van der Waals surface area (Å²) in [4.78, 5) is 18.7. The number of hydrogen-bond donors (Lipinski definition) is 0. The molecule has 29 heavy (non-hydrogen) atoms. The number of carbonyl (C=O) groups excluding carboxylic acids is 1. The lowest BCUT2D eigenvalue weighted by molar-refractivity contribution is -0.128. The monoisotopic (exact) mass is 413 g/mol. The molecule has 150 valence electrons. The van der Waals surface area contributed by atoms with Gasteiger partial charge in [0.2, 0.25) is 17.6 Å². The van der Waals surface area contributed by atoms with Gasteiger partial charge < -0.3 is 18.9 Å². The highest BCUT2D eigenvalue weighted by Gasteiger charge is 2.34. The van der Waals surface area contributed by atoms with Crippen molar-refractivity contribution in [3.63, 3.8) is 0 Å². The minimum atomic E-state index is -0.147. The Labute approximate surface area is 173 Å². The fraction of sp³-hybridized carbons (Fsp3) is 0.286. The summed E-state index contributed by atoms with van der Waals surface area (Å²) >= 11 is 6.22. The molecule has 1 atom stereocenters. The van der Waals surface area contributed by atoms with E-state index < -0.39 is 0 Å². The first-order chi connectivity index (χ1) is 14.1. The lowest BCUT2D eigenvalue weighted by Gasteiger charge is -2.16. The first kappa shape index (κ1) is 19.3. The van der Waals surface area contributed by atoms with Crippen molar-refractivity contribution in [2.45, 2.75) is 18.9 Å². The lowest BCUT2D eigenvalue weighted by atomic mass is 10.1. The van der Waals surface area contributed by atoms with Crippen LogP contribution in [0.1, 0.15) is 23.8 Å². The van der Waals surface area contributed by atoms with Crippen LogP contribution in [0.3, 0.4) is 0 Å². The highest BCUT2D eigenvalue weighted by Crippen LogP contribution is 2.33. The van der Waals surface area contributed by atoms with E-state index in [2.05, 4.69) is 10.1 Å². The van der Waals surface area contributed by atoms with Crippen molar-refractivity contribution in [1.29, 1.82) is 0 Å². The van der Waals surface area contributed by atoms with Crippen molar-refractivity contribution in [1.82, 2.24) is 15.0 Å². The molecule has 1 saturated heterocycles. The van der Waals surface area contributed by atoms with Gasteiger partial charge in [-0.2, -0.15) is 4.98 Å². The second kappa shape index (κ2) is 8.13. The van der Waals surface area contributed by atoms with E-state index in [-0.39, 0.29) is 11.8 Å². The summed E-state index contributed by atoms with van der Waals surface area (Å²) in [6.07, 6.45) is 0.331. The molecule has 1 fully saturated rings. The number of likely N-dealkylation sites (tertiary alicyclic amines) is 1. The van der Waals surface area contributed by atoms with E-state index in [9.17, 15) is 4.79 Å². The Kier molecular flexibility index (Phi) is 5.40. The molecule has 0 radical (unpaired) electrons. The van der Waals surface area contributed by atoms with Gasteiger partial charge in [-0.1, -0.05) is 35.0 Å². The summed E-state index contributed by atoms with van der Waals surface area (Å²) < 4.78 is 16.0. The Morgan fingerprint density at radius 2 is 1.97 bits per heavy atom. The highest BCUT2D eigenvalue weighted by atomic mass is 35.5. The van der Waals surface area contributed by atoms with Crippen LogP contribution in [0.15, 0.2) is 47.0 Å². The SMILES string of the molecule is COc1ccc(-c2noc(C3CC(=O)N(Cc4ccccc4Cl)C3)n2)cc1OC. The van der Waals surface area contributed by atoms with Gasteiger partial charge >= 0.3 is 0 Å². The maximum Gasteiger partial charge on any atom is 0.232 e. The molecule has 2 heterocycles. The molecule has 2 aromatic carbocycles. The quantitative estimate of drug-likeness (QED) is 0.609. The van der Waals surface area contributed by atoms with Crippen LogP contribution in [0.4, 0.5) is 0 Å². The molecular weight excluding hydrogens is 394 g/mol. The number of aromatic nitrogens is 2. The summed E-state index contributed by atoms with van der Waals surface area (Å²) in [7, 11) is 3.15. The maximum absolute atomic E-state index is 12.5. The van der Waals surface area contributed by atoms with Gasteiger partial charge in [-0.3, -0.25) is 4.79 Å². The molecule has 3 aromatic rings. The average Bonchev–Trinajstić information content (AvgIpc) is 3.36. The van der Waals surface area contributed by atoms with Crippen LogP contribution in [0.25, 0.3) is 11.4 Å². The van der Waals surface area contributed by atoms with Gasteiger partial charge in [0.15, 0.2) is 11.5 Å². The number of carbonyl (C=O) groups is 1. The smallest absolute Gasteiger partial charge is 0.232 e. The van der Waals surface area contributed by atoms with E-state index in [1.807, 2.05) is 30.3 Å². The maximum atomic E-state index is 12.5. The van der Waals surface area contributed by atoms with Crippen molar-refractivity contribution in [2.75, 3.05) is 20.8 Å². The largest absolute Gasteiger partial charge is 0.493 e. The second-order valence-electron chi connectivity index (χ2n) is 6.79. The topological polar surface area (TPSA) is 77.7 Å². The number of halogens is 1. The van der Waals surface area contributed by atoms with Crippen LogP contribution in [-0.4, -0.2) is 41.7 Å². The van der Waals surface area contributed by atoms with E-state index in [4.69, 9.17) is 25.6 Å². The minimum absolute atomic E-state index is 0.0424. The van der Waals surface area contributed by atoms with Crippen molar-refractivity contribution >= 4 is 17.5 Å². The summed E-state index contributed by atoms with van der Waals surface area (Å²) in [6, 6.07) is 12.9. The van der Waals surface area contributed by atoms with Crippen LogP contribution >= 0.6 is 11.6 Å². The lowest BCUT2D eigenvalue weighted by Crippen LogP contribution is -2.24. The molecule has 1 aliphatic rings. The molecule has 8 heteroatoms. The Bertz CT molecular complexity index is 1040. The summed E-state index contributed by atoms with van der Waals surface area (Å²) in [5.41, 5.74) is 1.66. The third-order valence-corrected chi connectivity index (χ3v) is 5.33. The number of hydrogen-bond acceptors (Lipinski definition) is 6. The third kappa shape index (κ3) is 3.91. The molecular formula is C21H20ClN3O4. The van der Waals surface area contributed by atoms with Gasteiger partial charge in [0, 0.05) is 30.1 Å². The zero-order valence-electron chi connectivity index (χ0n) is 16.1. The molecule has 0 aliphatic carbocycles. The zero-order chi connectivity index (χ0) is 20.4. The number of methoxy groups -OCH3 is 2. The molecule has 4 rings (SSSR count). The van der Waals surface area contributed by atoms with Gasteiger partial charge in [0.25, 0.3) is 0 Å². The van der Waals surface area contributed by atoms with E-state index in [0.717, 1.165) is 11.1 Å². The predicted molar refractivity (Wildman–Crippen MR) is 107 cm³/mol. The summed E-state index contributed by atoms with van der Waals surface area (Å²) in [6.45, 7) is 0.975. The van der Waals surface area contributed by atoms with Crippen molar-refractivity contribution in [3.8, 4) is 22.9 Å². The predicted octanol–water partition coefficient (Wildman–Crippen LogP) is 3.92. The van der Waals surface area contributed by atoms with Crippen LogP contribution < -0.4 is 9.47 Å². The van der Waals surface area contributed by atoms with Gasteiger partial charge in [-0.25, -0.2) is 0 Å². The van der Waals surface area contributed by atoms with E-state index >= 15 is 0 Å². The number of amides is 1. The number of ether oxygens (including phenoxy) is 2. The molecule has 1 aliphatic heterocycles. The first-order valence-corrected chi connectivity index (χ1v) is 9.54. The molecule has 1 aromatic heterocycles. The molecule has 1 amide bonds. The van der Waals surface area contributed by atoms with Crippen molar-refractivity contribution in [2.24, 2.45) is 0 Å². The van der Waals surface area contributed by atoms with E-state index in [0.29, 0.717) is 47.7 Å². The Morgan fingerprint density at radius 3 is 2.72 bits per heavy atom. The number of nitrogens with zero attached hydrogens (tertiary/aromatic N) is 3. The van der Waals surface area contributed by atoms with Gasteiger partial charge in [-0.05, 0) is 29.8 Å². The average molecular weight is 414 g/mol. The zero-order valence-corrected chi connectivity index (χ0v) is 16.8. The van der Waals surface area contributed by atoms with Gasteiger partial charge in [0.05, 0.1) is 20.1 Å². The summed E-state index contributed by atoms with van der Waals surface area (Å²) in [5, 5.41) is 4.73. The van der Waals surface area contributed by atoms with Gasteiger partial charge in [0.1, 0.15) is 0 Å². The van der Waals surface area contributed by atoms with E-state index in [1.165, 1.54) is 0 Å². The van der Waals surface area contributed by atoms with Crippen molar-refractivity contribution in [3.05, 3.63) is 58.9 Å². The highest BCUT2D eigenvalue weighted by molar-refractivity contribution is 6.31.